The molecule has 2 aromatic heterocycles. The predicted octanol–water partition coefficient (Wildman–Crippen LogP) is 4.80. The first-order valence-corrected chi connectivity index (χ1v) is 8.19. The van der Waals surface area contributed by atoms with Crippen molar-refractivity contribution in [1.29, 1.82) is 0 Å². The van der Waals surface area contributed by atoms with E-state index in [9.17, 15) is 4.39 Å². The van der Waals surface area contributed by atoms with Crippen molar-refractivity contribution in [2.75, 3.05) is 5.73 Å². The third-order valence-electron chi connectivity index (χ3n) is 4.11. The van der Waals surface area contributed by atoms with E-state index >= 15 is 0 Å². The minimum atomic E-state index is -0.692. The molecule has 0 fully saturated rings. The summed E-state index contributed by atoms with van der Waals surface area (Å²) < 4.78 is 21.9. The summed E-state index contributed by atoms with van der Waals surface area (Å²) >= 11 is 5.86. The second-order valence-corrected chi connectivity index (χ2v) is 6.19. The van der Waals surface area contributed by atoms with Crippen molar-refractivity contribution in [2.45, 2.75) is 0 Å². The van der Waals surface area contributed by atoms with Gasteiger partial charge in [0.1, 0.15) is 10.8 Å². The lowest BCUT2D eigenvalue weighted by molar-refractivity contribution is 0.446. The van der Waals surface area contributed by atoms with Crippen LogP contribution < -0.4 is 10.5 Å². The quantitative estimate of drug-likeness (QED) is 0.527. The molecule has 0 amide bonds. The van der Waals surface area contributed by atoms with Crippen molar-refractivity contribution in [1.82, 2.24) is 14.5 Å². The molecule has 2 aromatic carbocycles. The first-order chi connectivity index (χ1) is 12.5. The van der Waals surface area contributed by atoms with Crippen LogP contribution in [0.2, 0.25) is 5.02 Å². The summed E-state index contributed by atoms with van der Waals surface area (Å²) in [5.74, 6) is -0.207. The Labute approximate surface area is 153 Å². The SMILES string of the molecule is Cn1cncc1-c1ccc2c(Oc3ccc(N)c(Cl)c3F)ccnc2c1. The van der Waals surface area contributed by atoms with Crippen molar-refractivity contribution >= 4 is 28.2 Å². The van der Waals surface area contributed by atoms with Gasteiger partial charge >= 0.3 is 0 Å². The normalized spacial score (nSPS) is 11.0. The molecule has 0 aliphatic carbocycles. The lowest BCUT2D eigenvalue weighted by Crippen LogP contribution is -1.95. The molecule has 0 spiro atoms. The van der Waals surface area contributed by atoms with E-state index in [2.05, 4.69) is 9.97 Å². The highest BCUT2D eigenvalue weighted by Gasteiger charge is 2.14. The molecule has 0 unspecified atom stereocenters. The molecule has 0 atom stereocenters. The van der Waals surface area contributed by atoms with Gasteiger partial charge in [-0.25, -0.2) is 9.37 Å². The van der Waals surface area contributed by atoms with Gasteiger partial charge in [0.25, 0.3) is 0 Å². The summed E-state index contributed by atoms with van der Waals surface area (Å²) in [4.78, 5) is 8.52. The molecule has 7 heteroatoms. The van der Waals surface area contributed by atoms with E-state index < -0.39 is 5.82 Å². The van der Waals surface area contributed by atoms with Gasteiger partial charge in [0.2, 0.25) is 0 Å². The number of anilines is 1. The van der Waals surface area contributed by atoms with E-state index in [0.717, 1.165) is 22.2 Å². The van der Waals surface area contributed by atoms with Gasteiger partial charge in [0, 0.05) is 24.2 Å². The monoisotopic (exact) mass is 368 g/mol. The van der Waals surface area contributed by atoms with Gasteiger partial charge in [-0.2, -0.15) is 0 Å². The minimum absolute atomic E-state index is 0.00686. The Balaban J connectivity index is 1.77. The smallest absolute Gasteiger partial charge is 0.186 e. The van der Waals surface area contributed by atoms with Crippen molar-refractivity contribution in [3.8, 4) is 22.8 Å². The maximum atomic E-state index is 14.3. The Hall–Kier alpha value is -3.12. The Bertz CT molecular complexity index is 1130. The highest BCUT2D eigenvalue weighted by Crippen LogP contribution is 2.35. The number of aromatic nitrogens is 3. The fourth-order valence-corrected chi connectivity index (χ4v) is 2.91. The molecule has 0 saturated heterocycles. The molecule has 0 radical (unpaired) electrons. The van der Waals surface area contributed by atoms with E-state index in [4.69, 9.17) is 22.1 Å². The van der Waals surface area contributed by atoms with Crippen LogP contribution in [0.15, 0.2) is 55.1 Å². The van der Waals surface area contributed by atoms with E-state index in [1.165, 1.54) is 12.1 Å². The second-order valence-electron chi connectivity index (χ2n) is 5.81. The number of fused-ring (bicyclic) bond motifs is 1. The average Bonchev–Trinajstić information content (AvgIpc) is 3.08. The number of aryl methyl sites for hydroxylation is 1. The number of halogens is 2. The second kappa shape index (κ2) is 6.31. The molecule has 2 N–H and O–H groups in total. The van der Waals surface area contributed by atoms with E-state index in [1.807, 2.05) is 29.8 Å². The van der Waals surface area contributed by atoms with Crippen LogP contribution in [0.25, 0.3) is 22.2 Å². The van der Waals surface area contributed by atoms with Crippen molar-refractivity contribution in [2.24, 2.45) is 7.05 Å². The fourth-order valence-electron chi connectivity index (χ4n) is 2.75. The van der Waals surface area contributed by atoms with Gasteiger partial charge in [0.15, 0.2) is 11.6 Å². The highest BCUT2D eigenvalue weighted by molar-refractivity contribution is 6.33. The van der Waals surface area contributed by atoms with E-state index in [0.29, 0.717) is 5.75 Å². The van der Waals surface area contributed by atoms with Gasteiger partial charge in [-0.05, 0) is 30.3 Å². The van der Waals surface area contributed by atoms with Crippen LogP contribution >= 0.6 is 11.6 Å². The third-order valence-corrected chi connectivity index (χ3v) is 4.50. The van der Waals surface area contributed by atoms with E-state index in [1.54, 1.807) is 24.8 Å². The van der Waals surface area contributed by atoms with Crippen LogP contribution in [0.5, 0.6) is 11.5 Å². The van der Waals surface area contributed by atoms with Crippen molar-refractivity contribution in [3.05, 3.63) is 66.0 Å². The summed E-state index contributed by atoms with van der Waals surface area (Å²) in [6.07, 6.45) is 5.13. The number of hydrogen-bond acceptors (Lipinski definition) is 4. The number of nitrogen functional groups attached to an aromatic ring is 1. The summed E-state index contributed by atoms with van der Waals surface area (Å²) in [5.41, 5.74) is 8.44. The number of nitrogens with zero attached hydrogens (tertiary/aromatic N) is 3. The average molecular weight is 369 g/mol. The molecule has 0 bridgehead atoms. The maximum Gasteiger partial charge on any atom is 0.186 e. The minimum Gasteiger partial charge on any atom is -0.453 e. The first-order valence-electron chi connectivity index (χ1n) is 7.81. The van der Waals surface area contributed by atoms with Crippen LogP contribution in [0.3, 0.4) is 0 Å². The number of hydrogen-bond donors (Lipinski definition) is 1. The summed E-state index contributed by atoms with van der Waals surface area (Å²) in [6.45, 7) is 0. The lowest BCUT2D eigenvalue weighted by Gasteiger charge is -2.11. The maximum absolute atomic E-state index is 14.3. The van der Waals surface area contributed by atoms with Gasteiger partial charge < -0.3 is 15.0 Å². The zero-order valence-corrected chi connectivity index (χ0v) is 14.5. The van der Waals surface area contributed by atoms with Crippen LogP contribution in [-0.4, -0.2) is 14.5 Å². The highest BCUT2D eigenvalue weighted by atomic mass is 35.5. The summed E-state index contributed by atoms with van der Waals surface area (Å²) in [6, 6.07) is 10.4. The van der Waals surface area contributed by atoms with Crippen LogP contribution in [0.4, 0.5) is 10.1 Å². The predicted molar refractivity (Wildman–Crippen MR) is 99.8 cm³/mol. The lowest BCUT2D eigenvalue weighted by atomic mass is 10.1. The summed E-state index contributed by atoms with van der Waals surface area (Å²) in [7, 11) is 1.92. The fraction of sp³-hybridized carbons (Fsp3) is 0.0526. The molecule has 0 aliphatic heterocycles. The molecule has 5 nitrogen and oxygen atoms in total. The zero-order chi connectivity index (χ0) is 18.3. The molecule has 0 aliphatic rings. The Kier molecular flexibility index (Phi) is 3.97. The number of pyridine rings is 1. The summed E-state index contributed by atoms with van der Waals surface area (Å²) in [5, 5.41) is 0.602. The van der Waals surface area contributed by atoms with Crippen LogP contribution in [-0.2, 0) is 7.05 Å². The number of ether oxygens (including phenoxy) is 1. The standard InChI is InChI=1S/C19H14ClFN4O/c1-25-10-23-9-15(25)11-2-3-12-14(8-11)24-7-6-16(12)26-17-5-4-13(22)18(20)19(17)21/h2-10H,22H2,1H3. The van der Waals surface area contributed by atoms with Crippen LogP contribution in [0, 0.1) is 5.82 Å². The first kappa shape index (κ1) is 16.4. The third kappa shape index (κ3) is 2.74. The Morgan fingerprint density at radius 1 is 1.15 bits per heavy atom. The van der Waals surface area contributed by atoms with Gasteiger partial charge in [-0.1, -0.05) is 17.7 Å². The molecule has 130 valence electrons. The molecule has 0 saturated carbocycles. The topological polar surface area (TPSA) is 66.0 Å². The molecule has 4 aromatic rings. The zero-order valence-electron chi connectivity index (χ0n) is 13.8. The number of rotatable bonds is 3. The largest absolute Gasteiger partial charge is 0.453 e. The van der Waals surface area contributed by atoms with Crippen LogP contribution in [0.1, 0.15) is 0 Å². The molecule has 4 rings (SSSR count). The van der Waals surface area contributed by atoms with Crippen molar-refractivity contribution in [3.63, 3.8) is 0 Å². The number of imidazole rings is 1. The number of benzene rings is 2. The molecular weight excluding hydrogens is 355 g/mol. The molecular formula is C19H14ClFN4O. The van der Waals surface area contributed by atoms with E-state index in [-0.39, 0.29) is 16.5 Å². The molecule has 2 heterocycles. The number of nitrogens with two attached hydrogens (primary N) is 1. The Morgan fingerprint density at radius 3 is 2.77 bits per heavy atom. The molecule has 26 heavy (non-hydrogen) atoms. The van der Waals surface area contributed by atoms with Gasteiger partial charge in [0.05, 0.1) is 29.4 Å². The van der Waals surface area contributed by atoms with Gasteiger partial charge in [-0.3, -0.25) is 4.98 Å². The van der Waals surface area contributed by atoms with Gasteiger partial charge in [-0.15, -0.1) is 0 Å². The Morgan fingerprint density at radius 2 is 2.00 bits per heavy atom. The van der Waals surface area contributed by atoms with Crippen molar-refractivity contribution < 1.29 is 9.13 Å².